The van der Waals surface area contributed by atoms with Crippen LogP contribution in [0.2, 0.25) is 0 Å². The molecule has 1 atom stereocenters. The fraction of sp³-hybridized carbons (Fsp3) is 0.294. The molecule has 9 nitrogen and oxygen atoms in total. The van der Waals surface area contributed by atoms with E-state index in [1.807, 2.05) is 0 Å². The van der Waals surface area contributed by atoms with Gasteiger partial charge in [-0.05, 0) is 25.8 Å². The number of fused-ring (bicyclic) bond motifs is 1. The minimum atomic E-state index is -0.363. The van der Waals surface area contributed by atoms with Gasteiger partial charge < -0.3 is 10.1 Å². The molecule has 1 aliphatic rings. The van der Waals surface area contributed by atoms with Gasteiger partial charge in [-0.15, -0.1) is 22.7 Å². The van der Waals surface area contributed by atoms with Crippen molar-refractivity contribution in [1.82, 2.24) is 19.9 Å². The Morgan fingerprint density at radius 2 is 2.07 bits per heavy atom. The van der Waals surface area contributed by atoms with E-state index in [4.69, 9.17) is 4.74 Å². The van der Waals surface area contributed by atoms with Crippen molar-refractivity contribution in [1.29, 1.82) is 0 Å². The number of rotatable bonds is 6. The first-order valence-electron chi connectivity index (χ1n) is 8.61. The lowest BCUT2D eigenvalue weighted by Gasteiger charge is -2.07. The van der Waals surface area contributed by atoms with Crippen molar-refractivity contribution >= 4 is 50.8 Å². The van der Waals surface area contributed by atoms with E-state index in [-0.39, 0.29) is 23.5 Å². The van der Waals surface area contributed by atoms with Gasteiger partial charge in [-0.2, -0.15) is 0 Å². The number of carbonyl (C=O) groups is 2. The summed E-state index contributed by atoms with van der Waals surface area (Å²) in [6, 6.07) is 1.71. The largest absolute Gasteiger partial charge is 0.465 e. The molecule has 0 saturated heterocycles. The van der Waals surface area contributed by atoms with Crippen LogP contribution in [0.3, 0.4) is 0 Å². The van der Waals surface area contributed by atoms with Crippen LogP contribution in [-0.2, 0) is 16.0 Å². The average Bonchev–Trinajstić information content (AvgIpc) is 3.38. The summed E-state index contributed by atoms with van der Waals surface area (Å²) in [4.78, 5) is 42.3. The highest BCUT2D eigenvalue weighted by Crippen LogP contribution is 2.39. The maximum atomic E-state index is 12.5. The van der Waals surface area contributed by atoms with Crippen molar-refractivity contribution in [3.05, 3.63) is 40.1 Å². The van der Waals surface area contributed by atoms with E-state index in [1.54, 1.807) is 30.8 Å². The SMILES string of the molecule is CCOC(=O)C1CCc2sc(NC(=O)c3csc(Nc4ncccn4)n3)nc21. The van der Waals surface area contributed by atoms with Crippen LogP contribution in [0, 0.1) is 0 Å². The third kappa shape index (κ3) is 3.85. The zero-order chi connectivity index (χ0) is 19.5. The third-order valence-electron chi connectivity index (χ3n) is 4.03. The number of esters is 1. The van der Waals surface area contributed by atoms with Crippen molar-refractivity contribution in [3.8, 4) is 0 Å². The lowest BCUT2D eigenvalue weighted by Crippen LogP contribution is -2.15. The highest BCUT2D eigenvalue weighted by Gasteiger charge is 2.33. The zero-order valence-electron chi connectivity index (χ0n) is 14.8. The Morgan fingerprint density at radius 1 is 1.25 bits per heavy atom. The van der Waals surface area contributed by atoms with Gasteiger partial charge in [0.25, 0.3) is 5.91 Å². The van der Waals surface area contributed by atoms with Crippen molar-refractivity contribution in [3.63, 3.8) is 0 Å². The van der Waals surface area contributed by atoms with E-state index in [1.165, 1.54) is 22.7 Å². The molecule has 0 aliphatic heterocycles. The number of amides is 1. The highest BCUT2D eigenvalue weighted by atomic mass is 32.1. The second-order valence-corrected chi connectivity index (χ2v) is 7.80. The summed E-state index contributed by atoms with van der Waals surface area (Å²) < 4.78 is 5.11. The van der Waals surface area contributed by atoms with Crippen LogP contribution in [0.25, 0.3) is 0 Å². The fourth-order valence-corrected chi connectivity index (χ4v) is 4.53. The molecule has 2 N–H and O–H groups in total. The van der Waals surface area contributed by atoms with Gasteiger partial charge in [0.15, 0.2) is 10.3 Å². The second-order valence-electron chi connectivity index (χ2n) is 5.86. The van der Waals surface area contributed by atoms with E-state index >= 15 is 0 Å². The number of aryl methyl sites for hydroxylation is 1. The van der Waals surface area contributed by atoms with Crippen molar-refractivity contribution in [2.24, 2.45) is 0 Å². The number of ether oxygens (including phenoxy) is 1. The predicted octanol–water partition coefficient (Wildman–Crippen LogP) is 2.98. The van der Waals surface area contributed by atoms with Gasteiger partial charge in [0, 0.05) is 22.7 Å². The summed E-state index contributed by atoms with van der Waals surface area (Å²) >= 11 is 2.66. The van der Waals surface area contributed by atoms with Crippen LogP contribution >= 0.6 is 22.7 Å². The molecule has 0 fully saturated rings. The standard InChI is InChI=1S/C17H16N6O3S2/c1-2-26-14(25)9-4-5-11-12(9)21-17(28-11)22-13(24)10-8-27-16(20-10)23-15-18-6-3-7-19-15/h3,6-9H,2,4-5H2,1H3,(H,21,22,24)(H,18,19,20,23). The summed E-state index contributed by atoms with van der Waals surface area (Å²) in [6.45, 7) is 2.12. The summed E-state index contributed by atoms with van der Waals surface area (Å²) in [6.07, 6.45) is 4.68. The van der Waals surface area contributed by atoms with Gasteiger partial charge in [-0.25, -0.2) is 19.9 Å². The molecule has 3 heterocycles. The molecule has 0 aromatic carbocycles. The van der Waals surface area contributed by atoms with Gasteiger partial charge >= 0.3 is 5.97 Å². The van der Waals surface area contributed by atoms with Crippen LogP contribution in [0.4, 0.5) is 16.2 Å². The Morgan fingerprint density at radius 3 is 2.86 bits per heavy atom. The van der Waals surface area contributed by atoms with Crippen molar-refractivity contribution < 1.29 is 14.3 Å². The molecule has 3 aromatic rings. The summed E-state index contributed by atoms with van der Waals surface area (Å²) in [5, 5.41) is 8.32. The zero-order valence-corrected chi connectivity index (χ0v) is 16.5. The van der Waals surface area contributed by atoms with E-state index in [9.17, 15) is 9.59 Å². The Kier molecular flexibility index (Phi) is 5.26. The smallest absolute Gasteiger partial charge is 0.315 e. The van der Waals surface area contributed by atoms with Crippen molar-refractivity contribution in [2.45, 2.75) is 25.7 Å². The normalized spacial score (nSPS) is 15.1. The molecule has 1 amide bonds. The maximum absolute atomic E-state index is 12.5. The molecule has 0 bridgehead atoms. The van der Waals surface area contributed by atoms with E-state index < -0.39 is 0 Å². The molecular weight excluding hydrogens is 400 g/mol. The number of hydrogen-bond acceptors (Lipinski definition) is 10. The Hall–Kier alpha value is -2.92. The second kappa shape index (κ2) is 7.98. The topological polar surface area (TPSA) is 119 Å². The van der Waals surface area contributed by atoms with Crippen LogP contribution in [0.5, 0.6) is 0 Å². The van der Waals surface area contributed by atoms with Gasteiger partial charge in [0.2, 0.25) is 5.95 Å². The van der Waals surface area contributed by atoms with Crippen LogP contribution < -0.4 is 10.6 Å². The third-order valence-corrected chi connectivity index (χ3v) is 5.83. The first-order chi connectivity index (χ1) is 13.6. The average molecular weight is 416 g/mol. The number of anilines is 3. The van der Waals surface area contributed by atoms with E-state index in [0.717, 1.165) is 11.3 Å². The molecule has 3 aromatic heterocycles. The van der Waals surface area contributed by atoms with Gasteiger partial charge in [0.05, 0.1) is 12.3 Å². The highest BCUT2D eigenvalue weighted by molar-refractivity contribution is 7.16. The molecule has 28 heavy (non-hydrogen) atoms. The Balaban J connectivity index is 1.42. The quantitative estimate of drug-likeness (QED) is 0.589. The van der Waals surface area contributed by atoms with Crippen LogP contribution in [-0.4, -0.2) is 38.4 Å². The minimum Gasteiger partial charge on any atom is -0.465 e. The summed E-state index contributed by atoms with van der Waals surface area (Å²) in [5.41, 5.74) is 0.973. The molecule has 0 radical (unpaired) electrons. The fourth-order valence-electron chi connectivity index (χ4n) is 2.81. The van der Waals surface area contributed by atoms with Crippen LogP contribution in [0.1, 0.15) is 40.3 Å². The molecule has 1 unspecified atom stereocenters. The summed E-state index contributed by atoms with van der Waals surface area (Å²) in [5.74, 6) is -0.566. The summed E-state index contributed by atoms with van der Waals surface area (Å²) in [7, 11) is 0. The predicted molar refractivity (Wildman–Crippen MR) is 105 cm³/mol. The number of aromatic nitrogens is 4. The first-order valence-corrected chi connectivity index (χ1v) is 10.3. The molecule has 4 rings (SSSR count). The molecule has 0 spiro atoms. The molecule has 144 valence electrons. The van der Waals surface area contributed by atoms with Gasteiger partial charge in [0.1, 0.15) is 11.6 Å². The molecule has 0 saturated carbocycles. The van der Waals surface area contributed by atoms with E-state index in [0.29, 0.717) is 34.9 Å². The maximum Gasteiger partial charge on any atom is 0.315 e. The van der Waals surface area contributed by atoms with Gasteiger partial charge in [-0.3, -0.25) is 14.9 Å². The number of nitrogens with zero attached hydrogens (tertiary/aromatic N) is 4. The number of nitrogens with one attached hydrogen (secondary N) is 2. The number of hydrogen-bond donors (Lipinski definition) is 2. The minimum absolute atomic E-state index is 0.261. The Bertz CT molecular complexity index is 1000. The Labute approximate surface area is 168 Å². The molecular formula is C17H16N6O3S2. The monoisotopic (exact) mass is 416 g/mol. The van der Waals surface area contributed by atoms with E-state index in [2.05, 4.69) is 30.6 Å². The number of thiazole rings is 2. The first kappa shape index (κ1) is 18.4. The molecule has 11 heteroatoms. The van der Waals surface area contributed by atoms with Crippen molar-refractivity contribution in [2.75, 3.05) is 17.2 Å². The lowest BCUT2D eigenvalue weighted by molar-refractivity contribution is -0.145. The van der Waals surface area contributed by atoms with Gasteiger partial charge in [-0.1, -0.05) is 0 Å². The lowest BCUT2D eigenvalue weighted by atomic mass is 10.1. The van der Waals surface area contributed by atoms with Crippen LogP contribution in [0.15, 0.2) is 23.8 Å². The number of carbonyl (C=O) groups excluding carboxylic acids is 2. The molecule has 1 aliphatic carbocycles.